The first-order chi connectivity index (χ1) is 11.2. The number of H-pyrrole nitrogens is 1. The van der Waals surface area contributed by atoms with E-state index in [1.54, 1.807) is 11.3 Å². The van der Waals surface area contributed by atoms with E-state index in [2.05, 4.69) is 45.2 Å². The van der Waals surface area contributed by atoms with Crippen molar-refractivity contribution in [3.05, 3.63) is 39.9 Å². The third-order valence-corrected chi connectivity index (χ3v) is 4.54. The summed E-state index contributed by atoms with van der Waals surface area (Å²) in [5, 5.41) is 13.8. The second-order valence-electron chi connectivity index (χ2n) is 5.34. The molecule has 3 rings (SSSR count). The van der Waals surface area contributed by atoms with Gasteiger partial charge in [-0.25, -0.2) is 4.98 Å². The molecular weight excluding hydrogens is 330 g/mol. The van der Waals surface area contributed by atoms with Gasteiger partial charge in [0.05, 0.1) is 5.75 Å². The Hall–Kier alpha value is -1.93. The highest BCUT2D eigenvalue weighted by Gasteiger charge is 2.10. The molecule has 3 aromatic rings. The summed E-state index contributed by atoms with van der Waals surface area (Å²) in [7, 11) is 0. The summed E-state index contributed by atoms with van der Waals surface area (Å²) in [6.07, 6.45) is 4.73. The van der Waals surface area contributed by atoms with Gasteiger partial charge in [0.1, 0.15) is 5.82 Å². The summed E-state index contributed by atoms with van der Waals surface area (Å²) >= 11 is 3.16. The number of hydrogen-bond acceptors (Lipinski definition) is 7. The fraction of sp³-hybridized carbons (Fsp3) is 0.333. The fourth-order valence-corrected chi connectivity index (χ4v) is 3.12. The van der Waals surface area contributed by atoms with E-state index in [9.17, 15) is 0 Å². The fourth-order valence-electron chi connectivity index (χ4n) is 1.85. The third-order valence-electron chi connectivity index (χ3n) is 2.85. The van der Waals surface area contributed by atoms with Gasteiger partial charge in [-0.3, -0.25) is 5.10 Å². The number of rotatable bonds is 7. The van der Waals surface area contributed by atoms with Crippen LogP contribution in [0.15, 0.2) is 27.2 Å². The van der Waals surface area contributed by atoms with Gasteiger partial charge in [0, 0.05) is 11.3 Å². The maximum Gasteiger partial charge on any atom is 0.226 e. The number of aromatic amines is 1. The van der Waals surface area contributed by atoms with Crippen molar-refractivity contribution >= 4 is 35.3 Å². The summed E-state index contributed by atoms with van der Waals surface area (Å²) < 4.78 is 5.22. The Morgan fingerprint density at radius 3 is 3.04 bits per heavy atom. The second kappa shape index (κ2) is 7.56. The van der Waals surface area contributed by atoms with E-state index in [0.29, 0.717) is 28.5 Å². The lowest BCUT2D eigenvalue weighted by molar-refractivity contribution is 0.360. The zero-order chi connectivity index (χ0) is 16.1. The quantitative estimate of drug-likeness (QED) is 0.653. The maximum absolute atomic E-state index is 5.22. The Kier molecular flexibility index (Phi) is 5.24. The molecule has 0 saturated carbocycles. The molecule has 0 radical (unpaired) electrons. The molecule has 0 bridgehead atoms. The number of thioether (sulfide) groups is 1. The smallest absolute Gasteiger partial charge is 0.226 e. The SMILES string of the molecule is CC(C)Cc1nc(CSc2n[nH]c(C=Cc3cccs3)n2)no1. The van der Waals surface area contributed by atoms with Crippen molar-refractivity contribution in [1.82, 2.24) is 25.3 Å². The Morgan fingerprint density at radius 2 is 2.26 bits per heavy atom. The molecule has 3 heterocycles. The highest BCUT2D eigenvalue weighted by atomic mass is 32.2. The standard InChI is InChI=1S/C15H17N5OS2/c1-10(2)8-14-16-13(20-21-14)9-23-15-17-12(18-19-15)6-5-11-4-3-7-22-11/h3-7,10H,8-9H2,1-2H3,(H,17,18,19). The van der Waals surface area contributed by atoms with Crippen molar-refractivity contribution < 1.29 is 4.52 Å². The Labute approximate surface area is 142 Å². The van der Waals surface area contributed by atoms with E-state index >= 15 is 0 Å². The van der Waals surface area contributed by atoms with E-state index in [4.69, 9.17) is 4.52 Å². The van der Waals surface area contributed by atoms with Gasteiger partial charge in [-0.15, -0.1) is 16.4 Å². The lowest BCUT2D eigenvalue weighted by Gasteiger charge is -1.95. The minimum Gasteiger partial charge on any atom is -0.339 e. The van der Waals surface area contributed by atoms with Crippen molar-refractivity contribution in [3.63, 3.8) is 0 Å². The van der Waals surface area contributed by atoms with Crippen molar-refractivity contribution in [2.24, 2.45) is 5.92 Å². The monoisotopic (exact) mass is 347 g/mol. The van der Waals surface area contributed by atoms with Gasteiger partial charge < -0.3 is 4.52 Å². The Balaban J connectivity index is 1.54. The number of aromatic nitrogens is 5. The van der Waals surface area contributed by atoms with Crippen molar-refractivity contribution in [2.45, 2.75) is 31.2 Å². The average Bonchev–Trinajstić information content (AvgIpc) is 3.25. The molecule has 0 aliphatic carbocycles. The normalized spacial score (nSPS) is 11.8. The van der Waals surface area contributed by atoms with Crippen LogP contribution in [0.2, 0.25) is 0 Å². The van der Waals surface area contributed by atoms with Crippen LogP contribution in [0.3, 0.4) is 0 Å². The Bertz CT molecular complexity index is 761. The summed E-state index contributed by atoms with van der Waals surface area (Å²) in [5.74, 6) is 3.18. The molecule has 120 valence electrons. The van der Waals surface area contributed by atoms with Crippen LogP contribution in [0.4, 0.5) is 0 Å². The molecule has 0 saturated heterocycles. The molecule has 23 heavy (non-hydrogen) atoms. The predicted octanol–water partition coefficient (Wildman–Crippen LogP) is 3.91. The number of nitrogens with zero attached hydrogens (tertiary/aromatic N) is 4. The van der Waals surface area contributed by atoms with E-state index < -0.39 is 0 Å². The minimum atomic E-state index is 0.502. The molecule has 0 unspecified atom stereocenters. The molecule has 0 aromatic carbocycles. The van der Waals surface area contributed by atoms with Crippen molar-refractivity contribution in [2.75, 3.05) is 0 Å². The van der Waals surface area contributed by atoms with Crippen LogP contribution in [0, 0.1) is 5.92 Å². The highest BCUT2D eigenvalue weighted by molar-refractivity contribution is 7.98. The summed E-state index contributed by atoms with van der Waals surface area (Å²) in [5.41, 5.74) is 0. The van der Waals surface area contributed by atoms with Crippen LogP contribution in [-0.2, 0) is 12.2 Å². The zero-order valence-electron chi connectivity index (χ0n) is 12.9. The van der Waals surface area contributed by atoms with Gasteiger partial charge in [0.25, 0.3) is 0 Å². The van der Waals surface area contributed by atoms with Gasteiger partial charge in [0.2, 0.25) is 11.0 Å². The first-order valence-corrected chi connectivity index (χ1v) is 9.14. The molecule has 1 N–H and O–H groups in total. The van der Waals surface area contributed by atoms with E-state index in [-0.39, 0.29) is 0 Å². The molecule has 0 atom stereocenters. The first kappa shape index (κ1) is 15.9. The number of thiophene rings is 1. The van der Waals surface area contributed by atoms with Crippen LogP contribution in [-0.4, -0.2) is 25.3 Å². The Morgan fingerprint density at radius 1 is 1.35 bits per heavy atom. The van der Waals surface area contributed by atoms with Crippen LogP contribution in [0.25, 0.3) is 12.2 Å². The molecule has 0 fully saturated rings. The van der Waals surface area contributed by atoms with E-state index in [1.807, 2.05) is 23.6 Å². The van der Waals surface area contributed by atoms with Crippen LogP contribution >= 0.6 is 23.1 Å². The lowest BCUT2D eigenvalue weighted by atomic mass is 10.1. The second-order valence-corrected chi connectivity index (χ2v) is 7.26. The molecule has 0 aliphatic heterocycles. The lowest BCUT2D eigenvalue weighted by Crippen LogP contribution is -1.94. The van der Waals surface area contributed by atoms with Gasteiger partial charge in [0.15, 0.2) is 5.82 Å². The zero-order valence-corrected chi connectivity index (χ0v) is 14.5. The van der Waals surface area contributed by atoms with Crippen molar-refractivity contribution in [3.8, 4) is 0 Å². The molecule has 0 spiro atoms. The van der Waals surface area contributed by atoms with Gasteiger partial charge in [-0.1, -0.05) is 36.8 Å². The van der Waals surface area contributed by atoms with E-state index in [1.165, 1.54) is 16.6 Å². The molecule has 6 nitrogen and oxygen atoms in total. The summed E-state index contributed by atoms with van der Waals surface area (Å²) in [6, 6.07) is 4.07. The molecule has 3 aromatic heterocycles. The molecular formula is C15H17N5OS2. The maximum atomic E-state index is 5.22. The van der Waals surface area contributed by atoms with Gasteiger partial charge >= 0.3 is 0 Å². The highest BCUT2D eigenvalue weighted by Crippen LogP contribution is 2.19. The average molecular weight is 347 g/mol. The minimum absolute atomic E-state index is 0.502. The van der Waals surface area contributed by atoms with Crippen LogP contribution < -0.4 is 0 Å². The largest absolute Gasteiger partial charge is 0.339 e. The predicted molar refractivity (Wildman–Crippen MR) is 92.0 cm³/mol. The summed E-state index contributed by atoms with van der Waals surface area (Å²) in [4.78, 5) is 9.95. The first-order valence-electron chi connectivity index (χ1n) is 7.27. The van der Waals surface area contributed by atoms with Gasteiger partial charge in [-0.2, -0.15) is 4.98 Å². The van der Waals surface area contributed by atoms with Crippen LogP contribution in [0.1, 0.15) is 36.3 Å². The molecule has 0 aliphatic rings. The van der Waals surface area contributed by atoms with Gasteiger partial charge in [-0.05, 0) is 29.5 Å². The van der Waals surface area contributed by atoms with Crippen LogP contribution in [0.5, 0.6) is 0 Å². The van der Waals surface area contributed by atoms with E-state index in [0.717, 1.165) is 12.2 Å². The third kappa shape index (κ3) is 4.77. The molecule has 0 amide bonds. The number of nitrogens with one attached hydrogen (secondary N) is 1. The summed E-state index contributed by atoms with van der Waals surface area (Å²) in [6.45, 7) is 4.25. The number of hydrogen-bond donors (Lipinski definition) is 1. The molecule has 8 heteroatoms. The topological polar surface area (TPSA) is 80.5 Å². The van der Waals surface area contributed by atoms with Crippen molar-refractivity contribution in [1.29, 1.82) is 0 Å².